The molecule has 0 amide bonds. The van der Waals surface area contributed by atoms with Gasteiger partial charge in [0.25, 0.3) is 0 Å². The van der Waals surface area contributed by atoms with E-state index in [2.05, 4.69) is 39.3 Å². The third kappa shape index (κ3) is 2.51. The monoisotopic (exact) mass is 325 g/mol. The van der Waals surface area contributed by atoms with Crippen molar-refractivity contribution in [3.63, 3.8) is 0 Å². The minimum absolute atomic E-state index is 0.282. The highest BCUT2D eigenvalue weighted by Gasteiger charge is 2.44. The second kappa shape index (κ2) is 5.88. The second-order valence-corrected chi connectivity index (χ2v) is 7.27. The highest BCUT2D eigenvalue weighted by Crippen LogP contribution is 2.44. The van der Waals surface area contributed by atoms with Gasteiger partial charge in [-0.3, -0.25) is 0 Å². The van der Waals surface area contributed by atoms with Gasteiger partial charge in [0.15, 0.2) is 0 Å². The molecule has 0 radical (unpaired) electrons. The lowest BCUT2D eigenvalue weighted by Gasteiger charge is -2.28. The Balaban J connectivity index is 1.33. The van der Waals surface area contributed by atoms with Crippen molar-refractivity contribution in [3.8, 4) is 11.4 Å². The summed E-state index contributed by atoms with van der Waals surface area (Å²) in [6.07, 6.45) is 7.96. The molecule has 0 N–H and O–H groups in total. The number of piperidine rings is 1. The van der Waals surface area contributed by atoms with E-state index in [1.54, 1.807) is 0 Å². The Morgan fingerprint density at radius 3 is 2.54 bits per heavy atom. The van der Waals surface area contributed by atoms with Crippen LogP contribution in [0, 0.1) is 0 Å². The molecule has 2 bridgehead atoms. The maximum atomic E-state index is 5.90. The Hall–Kier alpha value is -1.88. The molecular weight excluding hydrogens is 302 g/mol. The molecule has 0 unspecified atom stereocenters. The Morgan fingerprint density at radius 2 is 1.83 bits per heavy atom. The van der Waals surface area contributed by atoms with E-state index >= 15 is 0 Å². The number of fused-ring (bicyclic) bond motifs is 2. The van der Waals surface area contributed by atoms with Crippen LogP contribution in [0.25, 0.3) is 11.4 Å². The normalized spacial score (nSPS) is 29.3. The van der Waals surface area contributed by atoms with Crippen LogP contribution >= 0.6 is 0 Å². The Labute approximate surface area is 142 Å². The van der Waals surface area contributed by atoms with Crippen molar-refractivity contribution < 1.29 is 9.26 Å². The quantitative estimate of drug-likeness (QED) is 0.860. The van der Waals surface area contributed by atoms with Crippen molar-refractivity contribution in [1.82, 2.24) is 10.1 Å². The zero-order valence-corrected chi connectivity index (χ0v) is 13.9. The molecule has 1 aromatic heterocycles. The van der Waals surface area contributed by atoms with Gasteiger partial charge in [0, 0.05) is 24.3 Å². The molecule has 3 atom stereocenters. The average Bonchev–Trinajstić information content (AvgIpc) is 3.39. The Bertz CT molecular complexity index is 706. The lowest BCUT2D eigenvalue weighted by atomic mass is 9.89. The van der Waals surface area contributed by atoms with Gasteiger partial charge in [-0.2, -0.15) is 4.98 Å². The summed E-state index contributed by atoms with van der Waals surface area (Å²) in [6.45, 7) is 2.33. The molecule has 0 spiro atoms. The summed E-state index contributed by atoms with van der Waals surface area (Å²) in [5.74, 6) is 1.73. The summed E-state index contributed by atoms with van der Waals surface area (Å²) in [4.78, 5) is 7.11. The van der Waals surface area contributed by atoms with Crippen LogP contribution < -0.4 is 4.90 Å². The minimum Gasteiger partial charge on any atom is -0.374 e. The number of hydrogen-bond donors (Lipinski definition) is 0. The summed E-state index contributed by atoms with van der Waals surface area (Å²) >= 11 is 0. The number of aromatic nitrogens is 2. The van der Waals surface area contributed by atoms with Crippen LogP contribution in [0.15, 0.2) is 28.8 Å². The molecule has 126 valence electrons. The highest BCUT2D eigenvalue weighted by atomic mass is 16.5. The molecule has 2 aromatic rings. The predicted octanol–water partition coefficient (Wildman–Crippen LogP) is 3.76. The van der Waals surface area contributed by atoms with Crippen LogP contribution in [-0.4, -0.2) is 35.4 Å². The number of benzene rings is 1. The van der Waals surface area contributed by atoms with Crippen LogP contribution in [0.3, 0.4) is 0 Å². The molecule has 3 fully saturated rings. The summed E-state index contributed by atoms with van der Waals surface area (Å²) in [6, 6.07) is 8.57. The molecule has 24 heavy (non-hydrogen) atoms. The van der Waals surface area contributed by atoms with Crippen molar-refractivity contribution in [1.29, 1.82) is 0 Å². The highest BCUT2D eigenvalue weighted by molar-refractivity contribution is 5.60. The molecular formula is C19H23N3O2. The Kier molecular flexibility index (Phi) is 3.55. The smallest absolute Gasteiger partial charge is 0.232 e. The summed E-state index contributed by atoms with van der Waals surface area (Å²) < 4.78 is 11.5. The molecule has 3 aliphatic rings. The van der Waals surface area contributed by atoms with Crippen molar-refractivity contribution in [2.24, 2.45) is 0 Å². The van der Waals surface area contributed by atoms with Crippen LogP contribution in [0.4, 0.5) is 5.69 Å². The number of nitrogens with zero attached hydrogens (tertiary/aromatic N) is 3. The molecule has 5 nitrogen and oxygen atoms in total. The predicted molar refractivity (Wildman–Crippen MR) is 91.1 cm³/mol. The minimum atomic E-state index is 0.282. The summed E-state index contributed by atoms with van der Waals surface area (Å²) in [5, 5.41) is 4.20. The van der Waals surface area contributed by atoms with Crippen LogP contribution in [-0.2, 0) is 4.74 Å². The first-order valence-electron chi connectivity index (χ1n) is 9.21. The maximum Gasteiger partial charge on any atom is 0.232 e. The third-order valence-corrected chi connectivity index (χ3v) is 5.71. The van der Waals surface area contributed by atoms with Gasteiger partial charge in [-0.15, -0.1) is 0 Å². The van der Waals surface area contributed by atoms with E-state index in [-0.39, 0.29) is 12.0 Å². The molecule has 4 heterocycles. The van der Waals surface area contributed by atoms with Crippen LogP contribution in [0.5, 0.6) is 0 Å². The fourth-order valence-electron chi connectivity index (χ4n) is 4.37. The van der Waals surface area contributed by atoms with Gasteiger partial charge in [-0.1, -0.05) is 5.16 Å². The van der Waals surface area contributed by atoms with E-state index in [1.165, 1.54) is 31.4 Å². The molecule has 5 rings (SSSR count). The van der Waals surface area contributed by atoms with E-state index in [1.807, 2.05) is 0 Å². The molecule has 3 saturated heterocycles. The zero-order valence-electron chi connectivity index (χ0n) is 13.9. The Morgan fingerprint density at radius 1 is 1.00 bits per heavy atom. The molecule has 0 aliphatic carbocycles. The summed E-state index contributed by atoms with van der Waals surface area (Å²) in [7, 11) is 0. The largest absolute Gasteiger partial charge is 0.374 e. The molecule has 1 aromatic carbocycles. The van der Waals surface area contributed by atoms with Gasteiger partial charge in [-0.05, 0) is 62.8 Å². The van der Waals surface area contributed by atoms with Gasteiger partial charge in [-0.25, -0.2) is 0 Å². The van der Waals surface area contributed by atoms with E-state index in [0.717, 1.165) is 37.4 Å². The topological polar surface area (TPSA) is 51.4 Å². The fraction of sp³-hybridized carbons (Fsp3) is 0.579. The van der Waals surface area contributed by atoms with Crippen molar-refractivity contribution in [3.05, 3.63) is 30.2 Å². The van der Waals surface area contributed by atoms with E-state index < -0.39 is 0 Å². The van der Waals surface area contributed by atoms with Gasteiger partial charge >= 0.3 is 0 Å². The van der Waals surface area contributed by atoms with E-state index in [9.17, 15) is 0 Å². The van der Waals surface area contributed by atoms with Gasteiger partial charge < -0.3 is 14.2 Å². The lowest BCUT2D eigenvalue weighted by Crippen LogP contribution is -2.29. The first-order valence-corrected chi connectivity index (χ1v) is 9.21. The van der Waals surface area contributed by atoms with Gasteiger partial charge in [0.2, 0.25) is 11.7 Å². The fourth-order valence-corrected chi connectivity index (χ4v) is 4.37. The van der Waals surface area contributed by atoms with Crippen LogP contribution in [0.1, 0.15) is 50.3 Å². The number of anilines is 1. The molecule has 5 heteroatoms. The SMILES string of the molecule is c1cc(N2CCCCC2)ccc1-c1noc([C@@H]2C[C@H]3CC[C@H]2O3)n1. The maximum absolute atomic E-state index is 5.90. The first kappa shape index (κ1) is 14.5. The lowest BCUT2D eigenvalue weighted by molar-refractivity contribution is 0.0974. The first-order chi connectivity index (χ1) is 11.9. The second-order valence-electron chi connectivity index (χ2n) is 7.27. The third-order valence-electron chi connectivity index (χ3n) is 5.71. The molecule has 3 aliphatic heterocycles. The molecule has 0 saturated carbocycles. The van der Waals surface area contributed by atoms with Crippen molar-refractivity contribution in [2.45, 2.75) is 56.7 Å². The standard InChI is InChI=1S/C19H23N3O2/c1-2-10-22(11-3-1)14-6-4-13(5-7-14)18-20-19(24-21-18)16-12-15-8-9-17(16)23-15/h4-7,15-17H,1-3,8-12H2/t15-,16-,17-/m1/s1. The zero-order chi connectivity index (χ0) is 15.9. The summed E-state index contributed by atoms with van der Waals surface area (Å²) in [5.41, 5.74) is 2.32. The average molecular weight is 325 g/mol. The van der Waals surface area contributed by atoms with Crippen molar-refractivity contribution >= 4 is 5.69 Å². The van der Waals surface area contributed by atoms with Gasteiger partial charge in [0.05, 0.1) is 18.1 Å². The van der Waals surface area contributed by atoms with Gasteiger partial charge in [0.1, 0.15) is 0 Å². The van der Waals surface area contributed by atoms with Crippen LogP contribution in [0.2, 0.25) is 0 Å². The van der Waals surface area contributed by atoms with E-state index in [0.29, 0.717) is 11.9 Å². The van der Waals surface area contributed by atoms with Crippen molar-refractivity contribution in [2.75, 3.05) is 18.0 Å². The number of rotatable bonds is 3. The van der Waals surface area contributed by atoms with E-state index in [4.69, 9.17) is 9.26 Å². The number of ether oxygens (including phenoxy) is 1. The number of hydrogen-bond acceptors (Lipinski definition) is 5.